The highest BCUT2D eigenvalue weighted by atomic mass is 16.5. The molecule has 23 heavy (non-hydrogen) atoms. The normalized spacial score (nSPS) is 26.8. The number of nitrogens with zero attached hydrogens (tertiary/aromatic N) is 1. The highest BCUT2D eigenvalue weighted by Crippen LogP contribution is 2.26. The number of carbonyl (C=O) groups is 2. The number of hydrogen-bond donors (Lipinski definition) is 1. The van der Waals surface area contributed by atoms with Crippen LogP contribution in [0.5, 0.6) is 0 Å². The van der Waals surface area contributed by atoms with Gasteiger partial charge in [0.15, 0.2) is 0 Å². The minimum atomic E-state index is -0.932. The van der Waals surface area contributed by atoms with Gasteiger partial charge in [0.2, 0.25) is 5.91 Å². The topological polar surface area (TPSA) is 66.8 Å². The van der Waals surface area contributed by atoms with Crippen LogP contribution in [-0.4, -0.2) is 40.1 Å². The first-order chi connectivity index (χ1) is 11.0. The maximum atomic E-state index is 12.6. The van der Waals surface area contributed by atoms with E-state index in [1.54, 1.807) is 0 Å². The van der Waals surface area contributed by atoms with Crippen molar-refractivity contribution in [3.63, 3.8) is 0 Å². The molecule has 1 aromatic carbocycles. The maximum absolute atomic E-state index is 12.6. The third-order valence-electron chi connectivity index (χ3n) is 4.85. The molecule has 2 aliphatic heterocycles. The molecule has 3 rings (SSSR count). The van der Waals surface area contributed by atoms with Crippen LogP contribution in [0.2, 0.25) is 0 Å². The van der Waals surface area contributed by atoms with E-state index in [0.29, 0.717) is 25.8 Å². The zero-order chi connectivity index (χ0) is 16.4. The molecule has 0 saturated carbocycles. The Bertz CT molecular complexity index is 600. The lowest BCUT2D eigenvalue weighted by Gasteiger charge is -2.34. The maximum Gasteiger partial charge on any atom is 0.326 e. The Kier molecular flexibility index (Phi) is 4.66. The predicted octanol–water partition coefficient (Wildman–Crippen LogP) is 2.37. The SMILES string of the molecule is CC1CCC(CCC(=O)N2Cc3ccccc3CC2C(=O)O)O1. The third-order valence-corrected chi connectivity index (χ3v) is 4.85. The van der Waals surface area contributed by atoms with Crippen LogP contribution in [0.1, 0.15) is 43.7 Å². The fourth-order valence-corrected chi connectivity index (χ4v) is 3.53. The van der Waals surface area contributed by atoms with Crippen LogP contribution in [0.15, 0.2) is 24.3 Å². The minimum absolute atomic E-state index is 0.0879. The lowest BCUT2D eigenvalue weighted by Crippen LogP contribution is -2.48. The fourth-order valence-electron chi connectivity index (χ4n) is 3.53. The highest BCUT2D eigenvalue weighted by molar-refractivity contribution is 5.84. The molecule has 2 aliphatic rings. The number of hydrogen-bond acceptors (Lipinski definition) is 3. The summed E-state index contributed by atoms with van der Waals surface area (Å²) in [6, 6.07) is 6.99. The van der Waals surface area contributed by atoms with E-state index in [2.05, 4.69) is 0 Å². The zero-order valence-electron chi connectivity index (χ0n) is 13.4. The standard InChI is InChI=1S/C18H23NO4/c1-12-6-7-15(23-12)8-9-17(20)19-11-14-5-3-2-4-13(14)10-16(19)18(21)22/h2-5,12,15-16H,6-11H2,1H3,(H,21,22). The smallest absolute Gasteiger partial charge is 0.326 e. The molecule has 1 aromatic rings. The minimum Gasteiger partial charge on any atom is -0.480 e. The van der Waals surface area contributed by atoms with Gasteiger partial charge in [-0.3, -0.25) is 4.79 Å². The van der Waals surface area contributed by atoms with Gasteiger partial charge in [0.25, 0.3) is 0 Å². The summed E-state index contributed by atoms with van der Waals surface area (Å²) in [6.07, 6.45) is 3.83. The van der Waals surface area contributed by atoms with E-state index in [9.17, 15) is 14.7 Å². The molecule has 1 fully saturated rings. The van der Waals surface area contributed by atoms with E-state index in [1.165, 1.54) is 4.90 Å². The summed E-state index contributed by atoms with van der Waals surface area (Å²) in [7, 11) is 0. The number of aliphatic carboxylic acids is 1. The van der Waals surface area contributed by atoms with E-state index >= 15 is 0 Å². The summed E-state index contributed by atoms with van der Waals surface area (Å²) in [4.78, 5) is 25.6. The Morgan fingerprint density at radius 2 is 2.00 bits per heavy atom. The van der Waals surface area contributed by atoms with Crippen molar-refractivity contribution in [2.45, 2.75) is 63.8 Å². The van der Waals surface area contributed by atoms with Gasteiger partial charge in [0, 0.05) is 19.4 Å². The van der Waals surface area contributed by atoms with Gasteiger partial charge in [-0.25, -0.2) is 4.79 Å². The molecule has 5 heteroatoms. The lowest BCUT2D eigenvalue weighted by atomic mass is 9.93. The molecule has 3 atom stereocenters. The lowest BCUT2D eigenvalue weighted by molar-refractivity contribution is -0.151. The number of amides is 1. The fraction of sp³-hybridized carbons (Fsp3) is 0.556. The Balaban J connectivity index is 1.66. The summed E-state index contributed by atoms with van der Waals surface area (Å²) in [5.41, 5.74) is 2.07. The van der Waals surface area contributed by atoms with Crippen molar-refractivity contribution in [3.05, 3.63) is 35.4 Å². The Morgan fingerprint density at radius 3 is 2.65 bits per heavy atom. The van der Waals surface area contributed by atoms with Gasteiger partial charge >= 0.3 is 5.97 Å². The second kappa shape index (κ2) is 6.71. The number of carboxylic acids is 1. The van der Waals surface area contributed by atoms with E-state index in [-0.39, 0.29) is 18.1 Å². The van der Waals surface area contributed by atoms with Crippen LogP contribution in [0, 0.1) is 0 Å². The largest absolute Gasteiger partial charge is 0.480 e. The first-order valence-electron chi connectivity index (χ1n) is 8.29. The third kappa shape index (κ3) is 3.55. The van der Waals surface area contributed by atoms with Gasteiger partial charge in [-0.2, -0.15) is 0 Å². The van der Waals surface area contributed by atoms with E-state index in [0.717, 1.165) is 24.0 Å². The molecule has 1 amide bonds. The van der Waals surface area contributed by atoms with Gasteiger partial charge in [0.05, 0.1) is 12.2 Å². The zero-order valence-corrected chi connectivity index (χ0v) is 13.4. The monoisotopic (exact) mass is 317 g/mol. The summed E-state index contributed by atoms with van der Waals surface area (Å²) in [6.45, 7) is 2.43. The van der Waals surface area contributed by atoms with Crippen molar-refractivity contribution < 1.29 is 19.4 Å². The average molecular weight is 317 g/mol. The molecule has 0 aromatic heterocycles. The van der Waals surface area contributed by atoms with E-state index < -0.39 is 12.0 Å². The van der Waals surface area contributed by atoms with Crippen molar-refractivity contribution in [3.8, 4) is 0 Å². The van der Waals surface area contributed by atoms with Gasteiger partial charge < -0.3 is 14.7 Å². The summed E-state index contributed by atoms with van der Waals surface area (Å²) >= 11 is 0. The van der Waals surface area contributed by atoms with Gasteiger partial charge in [-0.05, 0) is 37.3 Å². The number of rotatable bonds is 4. The number of fused-ring (bicyclic) bond motifs is 1. The molecular formula is C18H23NO4. The summed E-state index contributed by atoms with van der Waals surface area (Å²) in [5.74, 6) is -1.02. The van der Waals surface area contributed by atoms with E-state index in [4.69, 9.17) is 4.74 Å². The van der Waals surface area contributed by atoms with Crippen LogP contribution >= 0.6 is 0 Å². The van der Waals surface area contributed by atoms with Crippen LogP contribution in [0.3, 0.4) is 0 Å². The quantitative estimate of drug-likeness (QED) is 0.926. The molecule has 1 saturated heterocycles. The van der Waals surface area contributed by atoms with Gasteiger partial charge in [-0.15, -0.1) is 0 Å². The Morgan fingerprint density at radius 1 is 1.26 bits per heavy atom. The molecule has 2 heterocycles. The highest BCUT2D eigenvalue weighted by Gasteiger charge is 2.34. The van der Waals surface area contributed by atoms with Crippen LogP contribution in [-0.2, 0) is 27.3 Å². The first kappa shape index (κ1) is 16.0. The summed E-state index contributed by atoms with van der Waals surface area (Å²) < 4.78 is 5.74. The number of benzene rings is 1. The molecule has 1 N–H and O–H groups in total. The molecule has 3 unspecified atom stereocenters. The van der Waals surface area contributed by atoms with Crippen LogP contribution in [0.4, 0.5) is 0 Å². The molecule has 0 aliphatic carbocycles. The average Bonchev–Trinajstić information content (AvgIpc) is 2.96. The van der Waals surface area contributed by atoms with E-state index in [1.807, 2.05) is 31.2 Å². The molecule has 5 nitrogen and oxygen atoms in total. The molecule has 0 spiro atoms. The van der Waals surface area contributed by atoms with Crippen LogP contribution < -0.4 is 0 Å². The Hall–Kier alpha value is -1.88. The van der Waals surface area contributed by atoms with Crippen molar-refractivity contribution in [1.82, 2.24) is 4.90 Å². The molecular weight excluding hydrogens is 294 g/mol. The van der Waals surface area contributed by atoms with Crippen molar-refractivity contribution in [2.75, 3.05) is 0 Å². The number of ether oxygens (including phenoxy) is 1. The van der Waals surface area contributed by atoms with Crippen LogP contribution in [0.25, 0.3) is 0 Å². The van der Waals surface area contributed by atoms with Gasteiger partial charge in [-0.1, -0.05) is 24.3 Å². The number of carbonyl (C=O) groups excluding carboxylic acids is 1. The van der Waals surface area contributed by atoms with Crippen molar-refractivity contribution >= 4 is 11.9 Å². The second-order valence-corrected chi connectivity index (χ2v) is 6.53. The Labute approximate surface area is 136 Å². The molecule has 0 bridgehead atoms. The number of carboxylic acid groups (broad SMARTS) is 1. The summed E-state index contributed by atoms with van der Waals surface area (Å²) in [5, 5.41) is 9.48. The van der Waals surface area contributed by atoms with Crippen molar-refractivity contribution in [1.29, 1.82) is 0 Å². The van der Waals surface area contributed by atoms with Crippen molar-refractivity contribution in [2.24, 2.45) is 0 Å². The molecule has 124 valence electrons. The van der Waals surface area contributed by atoms with Gasteiger partial charge in [0.1, 0.15) is 6.04 Å². The molecule has 0 radical (unpaired) electrons. The first-order valence-corrected chi connectivity index (χ1v) is 8.29. The predicted molar refractivity (Wildman–Crippen MR) is 84.9 cm³/mol. The second-order valence-electron chi connectivity index (χ2n) is 6.53.